The number of hydrogen-bond donors (Lipinski definition) is 2. The molecule has 0 saturated carbocycles. The maximum atomic E-state index is 13.4. The predicted molar refractivity (Wildman–Crippen MR) is 132 cm³/mol. The van der Waals surface area contributed by atoms with Crippen LogP contribution in [0.1, 0.15) is 39.5 Å². The van der Waals surface area contributed by atoms with Crippen LogP contribution in [0, 0.1) is 0 Å². The fourth-order valence-corrected chi connectivity index (χ4v) is 5.95. The number of aliphatic hydroxyl groups is 1. The van der Waals surface area contributed by atoms with Gasteiger partial charge in [-0.2, -0.15) is 4.31 Å². The molecule has 3 aromatic heterocycles. The van der Waals surface area contributed by atoms with Crippen LogP contribution in [0.4, 0.5) is 0 Å². The van der Waals surface area contributed by atoms with Crippen molar-refractivity contribution in [1.82, 2.24) is 33.4 Å². The van der Waals surface area contributed by atoms with Gasteiger partial charge in [-0.3, -0.25) is 4.57 Å². The third-order valence-corrected chi connectivity index (χ3v) is 8.22. The second kappa shape index (κ2) is 9.64. The van der Waals surface area contributed by atoms with Crippen LogP contribution in [-0.4, -0.2) is 72.8 Å². The lowest BCUT2D eigenvalue weighted by Crippen LogP contribution is -2.40. The van der Waals surface area contributed by atoms with Crippen molar-refractivity contribution in [3.63, 3.8) is 0 Å². The van der Waals surface area contributed by atoms with E-state index in [0.29, 0.717) is 66.4 Å². The van der Waals surface area contributed by atoms with Crippen LogP contribution < -0.4 is 10.4 Å². The number of aromatic nitrogens is 6. The predicted octanol–water partition coefficient (Wildman–Crippen LogP) is 1.78. The van der Waals surface area contributed by atoms with Crippen LogP contribution in [0.2, 0.25) is 0 Å². The number of aryl methyl sites for hydroxylation is 1. The number of sulfonamides is 1. The van der Waals surface area contributed by atoms with Crippen LogP contribution >= 0.6 is 0 Å². The van der Waals surface area contributed by atoms with Crippen LogP contribution in [0.5, 0.6) is 5.75 Å². The normalized spacial score (nSPS) is 15.8. The number of aromatic amines is 1. The van der Waals surface area contributed by atoms with E-state index in [2.05, 4.69) is 15.2 Å². The van der Waals surface area contributed by atoms with Crippen molar-refractivity contribution in [2.24, 2.45) is 0 Å². The molecule has 36 heavy (non-hydrogen) atoms. The maximum absolute atomic E-state index is 13.4. The highest BCUT2D eigenvalue weighted by molar-refractivity contribution is 7.89. The Morgan fingerprint density at radius 2 is 1.94 bits per heavy atom. The minimum absolute atomic E-state index is 0.108. The second-order valence-electron chi connectivity index (χ2n) is 8.88. The highest BCUT2D eigenvalue weighted by atomic mass is 32.2. The van der Waals surface area contributed by atoms with Crippen molar-refractivity contribution in [3.8, 4) is 17.1 Å². The highest BCUT2D eigenvalue weighted by Gasteiger charge is 2.30. The molecule has 4 heterocycles. The van der Waals surface area contributed by atoms with Crippen molar-refractivity contribution in [2.45, 2.75) is 57.1 Å². The molecule has 0 atom stereocenters. The van der Waals surface area contributed by atoms with E-state index in [4.69, 9.17) is 9.72 Å². The van der Waals surface area contributed by atoms with Gasteiger partial charge in [0.15, 0.2) is 11.3 Å². The Hall–Kier alpha value is -3.29. The number of aliphatic hydroxyl groups excluding tert-OH is 1. The molecule has 5 rings (SSSR count). The van der Waals surface area contributed by atoms with Crippen LogP contribution in [0.25, 0.3) is 28.2 Å². The van der Waals surface area contributed by atoms with E-state index in [-0.39, 0.29) is 23.7 Å². The van der Waals surface area contributed by atoms with Crippen LogP contribution in [0.15, 0.2) is 34.2 Å². The standard InChI is InChI=1S/C23H29N7O5S/c1-3-9-29-21-19(22-27-24-14-30(22)23(29)32)25-20(26-21)17-13-16(5-6-18(17)35-12-4-2)36(33,34)28-10-7-15(31)8-11-28/h5-6,13-15,31H,3-4,7-12H2,1-2H3,(H,25,26). The Balaban J connectivity index is 1.67. The van der Waals surface area contributed by atoms with E-state index in [9.17, 15) is 18.3 Å². The molecular weight excluding hydrogens is 486 g/mol. The summed E-state index contributed by atoms with van der Waals surface area (Å²) in [4.78, 5) is 21.0. The Labute approximate surface area is 207 Å². The zero-order valence-corrected chi connectivity index (χ0v) is 21.0. The molecule has 0 amide bonds. The second-order valence-corrected chi connectivity index (χ2v) is 10.8. The number of H-pyrrole nitrogens is 1. The van der Waals surface area contributed by atoms with Gasteiger partial charge in [-0.05, 0) is 43.9 Å². The van der Waals surface area contributed by atoms with Crippen molar-refractivity contribution >= 4 is 26.8 Å². The zero-order chi connectivity index (χ0) is 25.4. The van der Waals surface area contributed by atoms with Gasteiger partial charge in [0.2, 0.25) is 10.0 Å². The lowest BCUT2D eigenvalue weighted by molar-refractivity contribution is 0.113. The summed E-state index contributed by atoms with van der Waals surface area (Å²) in [7, 11) is -3.79. The Morgan fingerprint density at radius 3 is 2.67 bits per heavy atom. The molecule has 0 unspecified atom stereocenters. The van der Waals surface area contributed by atoms with E-state index in [0.717, 1.165) is 6.42 Å². The number of benzene rings is 1. The van der Waals surface area contributed by atoms with Crippen molar-refractivity contribution in [3.05, 3.63) is 35.0 Å². The van der Waals surface area contributed by atoms with E-state index in [1.54, 1.807) is 16.7 Å². The maximum Gasteiger partial charge on any atom is 0.336 e. The van der Waals surface area contributed by atoms with E-state index >= 15 is 0 Å². The Morgan fingerprint density at radius 1 is 1.17 bits per heavy atom. The molecule has 2 N–H and O–H groups in total. The molecule has 12 nitrogen and oxygen atoms in total. The average molecular weight is 516 g/mol. The number of imidazole rings is 1. The average Bonchev–Trinajstić information content (AvgIpc) is 3.53. The summed E-state index contributed by atoms with van der Waals surface area (Å²) in [6.45, 7) is 5.35. The molecule has 192 valence electrons. The summed E-state index contributed by atoms with van der Waals surface area (Å²) in [6, 6.07) is 4.71. The third-order valence-electron chi connectivity index (χ3n) is 6.33. The number of hydrogen-bond acceptors (Lipinski definition) is 8. The molecule has 1 aliphatic heterocycles. The molecular formula is C23H29N7O5S. The number of nitrogens with zero attached hydrogens (tertiary/aromatic N) is 6. The molecule has 0 aliphatic carbocycles. The molecule has 0 spiro atoms. The van der Waals surface area contributed by atoms with Gasteiger partial charge in [0.05, 0.1) is 23.2 Å². The Kier molecular flexibility index (Phi) is 6.53. The monoisotopic (exact) mass is 515 g/mol. The van der Waals surface area contributed by atoms with Gasteiger partial charge < -0.3 is 14.8 Å². The van der Waals surface area contributed by atoms with Crippen LogP contribution in [0.3, 0.4) is 0 Å². The molecule has 0 bridgehead atoms. The minimum atomic E-state index is -3.79. The fourth-order valence-electron chi connectivity index (χ4n) is 4.46. The zero-order valence-electron chi connectivity index (χ0n) is 20.2. The lowest BCUT2D eigenvalue weighted by Gasteiger charge is -2.28. The topological polar surface area (TPSA) is 148 Å². The summed E-state index contributed by atoms with van der Waals surface area (Å²) < 4.78 is 37.1. The van der Waals surface area contributed by atoms with Gasteiger partial charge in [0.25, 0.3) is 0 Å². The molecule has 13 heteroatoms. The van der Waals surface area contributed by atoms with E-state index in [1.165, 1.54) is 21.1 Å². The molecule has 1 aliphatic rings. The van der Waals surface area contributed by atoms with Crippen molar-refractivity contribution < 1.29 is 18.3 Å². The first-order chi connectivity index (χ1) is 17.3. The van der Waals surface area contributed by atoms with Gasteiger partial charge in [0.1, 0.15) is 23.4 Å². The molecule has 1 aromatic carbocycles. The summed E-state index contributed by atoms with van der Waals surface area (Å²) in [5.74, 6) is 0.841. The van der Waals surface area contributed by atoms with Gasteiger partial charge in [0, 0.05) is 19.6 Å². The highest BCUT2D eigenvalue weighted by Crippen LogP contribution is 2.34. The summed E-state index contributed by atoms with van der Waals surface area (Å²) >= 11 is 0. The van der Waals surface area contributed by atoms with Crippen LogP contribution in [-0.2, 0) is 16.6 Å². The van der Waals surface area contributed by atoms with Gasteiger partial charge in [-0.15, -0.1) is 10.2 Å². The minimum Gasteiger partial charge on any atom is -0.493 e. The third kappa shape index (κ3) is 4.16. The molecule has 1 fully saturated rings. The number of nitrogens with one attached hydrogen (secondary N) is 1. The van der Waals surface area contributed by atoms with E-state index in [1.807, 2.05) is 13.8 Å². The SMILES string of the molecule is CCCOc1ccc(S(=O)(=O)N2CCC(O)CC2)cc1-c1nc2c([nH]1)c1nncn1c(=O)n2CCC. The van der Waals surface area contributed by atoms with Gasteiger partial charge in [-0.1, -0.05) is 13.8 Å². The van der Waals surface area contributed by atoms with Gasteiger partial charge >= 0.3 is 5.69 Å². The summed E-state index contributed by atoms with van der Waals surface area (Å²) in [5, 5.41) is 17.8. The quantitative estimate of drug-likeness (QED) is 0.361. The van der Waals surface area contributed by atoms with Gasteiger partial charge in [-0.25, -0.2) is 22.6 Å². The number of ether oxygens (including phenoxy) is 1. The first-order valence-corrected chi connectivity index (χ1v) is 13.6. The fraction of sp³-hybridized carbons (Fsp3) is 0.478. The lowest BCUT2D eigenvalue weighted by atomic mass is 10.1. The summed E-state index contributed by atoms with van der Waals surface area (Å²) in [6.07, 6.45) is 3.16. The molecule has 0 radical (unpaired) electrons. The summed E-state index contributed by atoms with van der Waals surface area (Å²) in [5.41, 5.74) is 1.44. The van der Waals surface area contributed by atoms with Crippen molar-refractivity contribution in [2.75, 3.05) is 19.7 Å². The first-order valence-electron chi connectivity index (χ1n) is 12.1. The molecule has 1 saturated heterocycles. The van der Waals surface area contributed by atoms with E-state index < -0.39 is 16.1 Å². The van der Waals surface area contributed by atoms with Crippen molar-refractivity contribution in [1.29, 1.82) is 0 Å². The largest absolute Gasteiger partial charge is 0.493 e. The number of fused-ring (bicyclic) bond motifs is 3. The molecule has 4 aromatic rings. The first kappa shape index (κ1) is 24.4. The smallest absolute Gasteiger partial charge is 0.336 e. The number of rotatable bonds is 8. The Bertz CT molecular complexity index is 1570. The number of piperidine rings is 1.